The van der Waals surface area contributed by atoms with Crippen LogP contribution in [0.2, 0.25) is 0 Å². The number of rotatable bonds is 5. The summed E-state index contributed by atoms with van der Waals surface area (Å²) < 4.78 is 70.6. The number of hydrogen-bond acceptors (Lipinski definition) is 5. The molecule has 0 unspecified atom stereocenters. The number of fused-ring (bicyclic) bond motifs is 1. The number of nitrogens with zero attached hydrogens (tertiary/aromatic N) is 1. The smallest absolute Gasteiger partial charge is 0.353 e. The minimum atomic E-state index is -2.38. The molecule has 3 rings (SSSR count). The predicted octanol–water partition coefficient (Wildman–Crippen LogP) is 1.70. The van der Waals surface area contributed by atoms with Crippen LogP contribution in [0.25, 0.3) is 0 Å². The largest absolute Gasteiger partial charge is 0.477 e. The second kappa shape index (κ2) is 7.71. The van der Waals surface area contributed by atoms with Gasteiger partial charge in [0.05, 0.1) is 5.03 Å². The molecule has 1 aromatic carbocycles. The normalized spacial score (nSPS) is 20.9. The lowest BCUT2D eigenvalue weighted by Crippen LogP contribution is -2.70. The van der Waals surface area contributed by atoms with E-state index in [9.17, 15) is 36.3 Å². The molecule has 0 saturated carbocycles. The molecule has 0 aliphatic carbocycles. The summed E-state index contributed by atoms with van der Waals surface area (Å²) in [6.07, 6.45) is 0. The maximum Gasteiger partial charge on any atom is 0.353 e. The number of carbonyl (C=O) groups excluding carboxylic acids is 2. The van der Waals surface area contributed by atoms with Crippen LogP contribution in [-0.4, -0.2) is 51.6 Å². The number of aliphatic carboxylic acids is 1. The maximum atomic E-state index is 13.5. The van der Waals surface area contributed by atoms with Crippen LogP contribution in [0.5, 0.6) is 5.75 Å². The topological polar surface area (TPSA) is 95.9 Å². The molecule has 156 valence electrons. The Bertz CT molecular complexity index is 946. The van der Waals surface area contributed by atoms with Gasteiger partial charge in [-0.05, 0) is 0 Å². The second-order valence-corrected chi connectivity index (χ2v) is 7.26. The second-order valence-electron chi connectivity index (χ2n) is 5.70. The Morgan fingerprint density at radius 1 is 1.14 bits per heavy atom. The van der Waals surface area contributed by atoms with Gasteiger partial charge in [-0.1, -0.05) is 11.6 Å². The first-order valence-corrected chi connectivity index (χ1v) is 8.99. The Morgan fingerprint density at radius 2 is 1.69 bits per heavy atom. The fraction of sp³-hybridized carbons (Fsp3) is 0.267. The van der Waals surface area contributed by atoms with Crippen LogP contribution >= 0.6 is 23.4 Å². The summed E-state index contributed by atoms with van der Waals surface area (Å²) in [5.74, 6) is -16.3. The Balaban J connectivity index is 1.67. The lowest BCUT2D eigenvalue weighted by atomic mass is 10.1. The molecule has 0 bridgehead atoms. The molecule has 2 heterocycles. The predicted molar refractivity (Wildman–Crippen MR) is 87.3 cm³/mol. The highest BCUT2D eigenvalue weighted by Crippen LogP contribution is 2.41. The number of carboxylic acids is 1. The van der Waals surface area contributed by atoms with E-state index in [0.717, 1.165) is 16.7 Å². The van der Waals surface area contributed by atoms with Gasteiger partial charge in [-0.25, -0.2) is 18.0 Å². The molecule has 1 fully saturated rings. The van der Waals surface area contributed by atoms with Crippen LogP contribution in [0.4, 0.5) is 22.0 Å². The van der Waals surface area contributed by atoms with Gasteiger partial charge in [-0.3, -0.25) is 14.5 Å². The van der Waals surface area contributed by atoms with E-state index in [1.54, 1.807) is 0 Å². The van der Waals surface area contributed by atoms with Crippen LogP contribution in [0, 0.1) is 29.1 Å². The van der Waals surface area contributed by atoms with Crippen LogP contribution in [0.15, 0.2) is 10.7 Å². The van der Waals surface area contributed by atoms with Crippen molar-refractivity contribution in [3.63, 3.8) is 0 Å². The lowest BCUT2D eigenvalue weighted by molar-refractivity contribution is -0.150. The fourth-order valence-electron chi connectivity index (χ4n) is 2.65. The highest BCUT2D eigenvalue weighted by molar-refractivity contribution is 8.00. The summed E-state index contributed by atoms with van der Waals surface area (Å²) in [4.78, 5) is 36.1. The quantitative estimate of drug-likeness (QED) is 0.302. The van der Waals surface area contributed by atoms with Gasteiger partial charge >= 0.3 is 5.97 Å². The SMILES string of the molecule is O=C(COc1c(F)c(F)c(F)c(F)c1F)N[C@@H]1C(=O)N2C(C(=O)O)=C(Cl)CS[C@H]12. The van der Waals surface area contributed by atoms with E-state index >= 15 is 0 Å². The number of halogens is 6. The fourth-order valence-corrected chi connectivity index (χ4v) is 4.20. The number of nitrogens with one attached hydrogen (secondary N) is 1. The van der Waals surface area contributed by atoms with E-state index in [-0.39, 0.29) is 10.8 Å². The third kappa shape index (κ3) is 3.48. The average Bonchev–Trinajstić information content (AvgIpc) is 2.68. The molecule has 1 saturated heterocycles. The number of ether oxygens (including phenoxy) is 1. The molecule has 2 aliphatic rings. The molecule has 0 aromatic heterocycles. The summed E-state index contributed by atoms with van der Waals surface area (Å²) in [6.45, 7) is -1.16. The molecule has 1 aromatic rings. The summed E-state index contributed by atoms with van der Waals surface area (Å²) in [7, 11) is 0. The number of amides is 2. The zero-order valence-electron chi connectivity index (χ0n) is 13.8. The minimum Gasteiger partial charge on any atom is -0.477 e. The van der Waals surface area contributed by atoms with Crippen LogP contribution in [0.1, 0.15) is 0 Å². The van der Waals surface area contributed by atoms with Gasteiger partial charge in [-0.15, -0.1) is 11.8 Å². The van der Waals surface area contributed by atoms with Crippen molar-refractivity contribution < 1.29 is 46.2 Å². The molecule has 2 N–H and O–H groups in total. The van der Waals surface area contributed by atoms with Crippen LogP contribution < -0.4 is 10.1 Å². The van der Waals surface area contributed by atoms with Crippen LogP contribution in [0.3, 0.4) is 0 Å². The van der Waals surface area contributed by atoms with Gasteiger partial charge in [0.15, 0.2) is 12.4 Å². The Kier molecular flexibility index (Phi) is 5.63. The molecular formula is C15H8ClF5N2O5S. The average molecular weight is 459 g/mol. The lowest BCUT2D eigenvalue weighted by Gasteiger charge is -2.48. The van der Waals surface area contributed by atoms with Crippen molar-refractivity contribution >= 4 is 41.1 Å². The number of carbonyl (C=O) groups is 3. The summed E-state index contributed by atoms with van der Waals surface area (Å²) in [6, 6.07) is -1.19. The minimum absolute atomic E-state index is 0.0606. The molecule has 2 amide bonds. The van der Waals surface area contributed by atoms with E-state index in [2.05, 4.69) is 10.1 Å². The Labute approximate surface area is 167 Å². The van der Waals surface area contributed by atoms with Crippen molar-refractivity contribution in [2.75, 3.05) is 12.4 Å². The van der Waals surface area contributed by atoms with Crippen molar-refractivity contribution in [2.24, 2.45) is 0 Å². The van der Waals surface area contributed by atoms with Crippen LogP contribution in [-0.2, 0) is 14.4 Å². The standard InChI is InChI=1S/C15H8ClF5N2O5S/c16-3-2-29-14-10(13(25)23(14)11(3)15(26)27)22-4(24)1-28-12-8(20)6(18)5(17)7(19)9(12)21/h10,14H,1-2H2,(H,22,24)(H,26,27)/t10-,14-/m1/s1. The molecule has 2 atom stereocenters. The molecule has 0 radical (unpaired) electrons. The zero-order valence-corrected chi connectivity index (χ0v) is 15.3. The Hall–Kier alpha value is -2.54. The van der Waals surface area contributed by atoms with Gasteiger partial charge in [0, 0.05) is 5.75 Å². The van der Waals surface area contributed by atoms with Crippen molar-refractivity contribution in [3.05, 3.63) is 39.8 Å². The zero-order chi connectivity index (χ0) is 21.6. The molecule has 7 nitrogen and oxygen atoms in total. The highest BCUT2D eigenvalue weighted by Gasteiger charge is 2.54. The van der Waals surface area contributed by atoms with E-state index in [1.165, 1.54) is 0 Å². The molecular weight excluding hydrogens is 451 g/mol. The number of thioether (sulfide) groups is 1. The molecule has 14 heteroatoms. The molecule has 2 aliphatic heterocycles. The Morgan fingerprint density at radius 3 is 2.24 bits per heavy atom. The highest BCUT2D eigenvalue weighted by atomic mass is 35.5. The van der Waals surface area contributed by atoms with Crippen molar-refractivity contribution in [3.8, 4) is 5.75 Å². The van der Waals surface area contributed by atoms with E-state index in [4.69, 9.17) is 16.7 Å². The van der Waals surface area contributed by atoms with Gasteiger partial charge in [-0.2, -0.15) is 8.78 Å². The molecule has 29 heavy (non-hydrogen) atoms. The van der Waals surface area contributed by atoms with E-state index in [0.29, 0.717) is 0 Å². The van der Waals surface area contributed by atoms with Gasteiger partial charge in [0.25, 0.3) is 11.8 Å². The summed E-state index contributed by atoms with van der Waals surface area (Å²) >= 11 is 6.85. The number of benzene rings is 1. The van der Waals surface area contributed by atoms with Gasteiger partial charge in [0.2, 0.25) is 29.1 Å². The third-order valence-corrected chi connectivity index (χ3v) is 5.71. The first-order valence-electron chi connectivity index (χ1n) is 7.56. The number of β-lactam (4-membered cyclic amide) rings is 1. The summed E-state index contributed by atoms with van der Waals surface area (Å²) in [5, 5.41) is 10.4. The van der Waals surface area contributed by atoms with Crippen molar-refractivity contribution in [2.45, 2.75) is 11.4 Å². The van der Waals surface area contributed by atoms with Crippen molar-refractivity contribution in [1.82, 2.24) is 10.2 Å². The van der Waals surface area contributed by atoms with Gasteiger partial charge in [0.1, 0.15) is 17.1 Å². The number of carboxylic acid groups (broad SMARTS) is 1. The monoisotopic (exact) mass is 458 g/mol. The van der Waals surface area contributed by atoms with E-state index in [1.807, 2.05) is 0 Å². The maximum absolute atomic E-state index is 13.5. The van der Waals surface area contributed by atoms with Crippen molar-refractivity contribution in [1.29, 1.82) is 0 Å². The summed E-state index contributed by atoms with van der Waals surface area (Å²) in [5.41, 5.74) is -0.427. The third-order valence-electron chi connectivity index (χ3n) is 3.96. The van der Waals surface area contributed by atoms with Gasteiger partial charge < -0.3 is 15.2 Å². The van der Waals surface area contributed by atoms with E-state index < -0.39 is 76.3 Å². The molecule has 0 spiro atoms. The first-order chi connectivity index (χ1) is 13.6. The first kappa shape index (κ1) is 21.2. The number of hydrogen-bond donors (Lipinski definition) is 2.